The predicted octanol–water partition coefficient (Wildman–Crippen LogP) is 4.01. The molecular formula is C17H18ClNO4. The van der Waals surface area contributed by atoms with Crippen molar-refractivity contribution < 1.29 is 19.0 Å². The third-order valence-electron chi connectivity index (χ3n) is 3.13. The maximum atomic E-state index is 12.4. The van der Waals surface area contributed by atoms with Crippen LogP contribution in [0.15, 0.2) is 36.4 Å². The molecule has 2 rings (SSSR count). The number of carbonyl (C=O) groups excluding carboxylic acids is 1. The lowest BCUT2D eigenvalue weighted by atomic mass is 10.1. The minimum atomic E-state index is -0.293. The number of anilines is 1. The molecular weight excluding hydrogens is 318 g/mol. The van der Waals surface area contributed by atoms with Crippen molar-refractivity contribution in [2.45, 2.75) is 6.92 Å². The average molecular weight is 336 g/mol. The van der Waals surface area contributed by atoms with E-state index < -0.39 is 0 Å². The summed E-state index contributed by atoms with van der Waals surface area (Å²) in [6.07, 6.45) is 0. The Morgan fingerprint density at radius 1 is 1.13 bits per heavy atom. The Morgan fingerprint density at radius 3 is 2.39 bits per heavy atom. The number of carbonyl (C=O) groups is 1. The van der Waals surface area contributed by atoms with Crippen molar-refractivity contribution in [2.75, 3.05) is 26.1 Å². The van der Waals surface area contributed by atoms with Crippen LogP contribution in [0.4, 0.5) is 5.69 Å². The van der Waals surface area contributed by atoms with Crippen LogP contribution in [0, 0.1) is 0 Å². The van der Waals surface area contributed by atoms with Gasteiger partial charge >= 0.3 is 0 Å². The summed E-state index contributed by atoms with van der Waals surface area (Å²) < 4.78 is 15.8. The van der Waals surface area contributed by atoms with Crippen LogP contribution in [0.3, 0.4) is 0 Å². The topological polar surface area (TPSA) is 56.8 Å². The zero-order valence-electron chi connectivity index (χ0n) is 13.2. The molecule has 1 N–H and O–H groups in total. The molecule has 0 fully saturated rings. The molecule has 1 amide bonds. The van der Waals surface area contributed by atoms with Gasteiger partial charge < -0.3 is 19.5 Å². The van der Waals surface area contributed by atoms with Crippen LogP contribution in [0.25, 0.3) is 0 Å². The van der Waals surface area contributed by atoms with Gasteiger partial charge in [0.1, 0.15) is 5.75 Å². The van der Waals surface area contributed by atoms with Crippen LogP contribution in [0.2, 0.25) is 5.02 Å². The molecule has 0 aliphatic rings. The Kier molecular flexibility index (Phi) is 5.71. The van der Waals surface area contributed by atoms with E-state index >= 15 is 0 Å². The minimum absolute atomic E-state index is 0.293. The number of hydrogen-bond donors (Lipinski definition) is 1. The molecule has 23 heavy (non-hydrogen) atoms. The number of hydrogen-bond acceptors (Lipinski definition) is 4. The quantitative estimate of drug-likeness (QED) is 0.866. The second-order valence-electron chi connectivity index (χ2n) is 4.61. The predicted molar refractivity (Wildman–Crippen MR) is 90.1 cm³/mol. The largest absolute Gasteiger partial charge is 0.497 e. The molecule has 2 aromatic carbocycles. The summed E-state index contributed by atoms with van der Waals surface area (Å²) >= 11 is 6.18. The van der Waals surface area contributed by atoms with E-state index in [0.717, 1.165) is 0 Å². The molecule has 0 unspecified atom stereocenters. The minimum Gasteiger partial charge on any atom is -0.497 e. The molecule has 0 atom stereocenters. The van der Waals surface area contributed by atoms with Crippen LogP contribution in [-0.2, 0) is 0 Å². The smallest absolute Gasteiger partial charge is 0.255 e. The van der Waals surface area contributed by atoms with Crippen LogP contribution < -0.4 is 19.5 Å². The summed E-state index contributed by atoms with van der Waals surface area (Å²) in [4.78, 5) is 12.4. The maximum Gasteiger partial charge on any atom is 0.255 e. The first-order valence-electron chi connectivity index (χ1n) is 7.04. The molecule has 0 saturated carbocycles. The molecule has 0 saturated heterocycles. The molecule has 0 spiro atoms. The zero-order valence-corrected chi connectivity index (χ0v) is 13.9. The molecule has 0 heterocycles. The van der Waals surface area contributed by atoms with Crippen molar-refractivity contribution in [2.24, 2.45) is 0 Å². The highest BCUT2D eigenvalue weighted by Gasteiger charge is 2.15. The van der Waals surface area contributed by atoms with Crippen LogP contribution in [-0.4, -0.2) is 26.7 Å². The first-order chi connectivity index (χ1) is 11.1. The van der Waals surface area contributed by atoms with E-state index in [1.165, 1.54) is 7.11 Å². The fourth-order valence-electron chi connectivity index (χ4n) is 2.01. The molecule has 5 nitrogen and oxygen atoms in total. The first kappa shape index (κ1) is 17.0. The standard InChI is InChI=1S/C17H18ClNO4/c1-4-23-16-14(18)9-11(10-15(16)22-3)17(20)19-12-5-7-13(21-2)8-6-12/h5-10H,4H2,1-3H3,(H,19,20). The van der Waals surface area contributed by atoms with Crippen LogP contribution in [0.5, 0.6) is 17.2 Å². The third-order valence-corrected chi connectivity index (χ3v) is 3.41. The van der Waals surface area contributed by atoms with Crippen molar-refractivity contribution in [3.63, 3.8) is 0 Å². The number of rotatable bonds is 6. The van der Waals surface area contributed by atoms with Gasteiger partial charge in [-0.25, -0.2) is 0 Å². The van der Waals surface area contributed by atoms with Gasteiger partial charge in [-0.15, -0.1) is 0 Å². The Labute approximate surface area is 140 Å². The van der Waals surface area contributed by atoms with Crippen LogP contribution >= 0.6 is 11.6 Å². The number of nitrogens with one attached hydrogen (secondary N) is 1. The summed E-state index contributed by atoms with van der Waals surface area (Å²) in [7, 11) is 3.08. The van der Waals surface area contributed by atoms with E-state index in [0.29, 0.717) is 40.1 Å². The molecule has 6 heteroatoms. The first-order valence-corrected chi connectivity index (χ1v) is 7.42. The molecule has 0 aromatic heterocycles. The van der Waals surface area contributed by atoms with E-state index in [1.807, 2.05) is 6.92 Å². The second kappa shape index (κ2) is 7.74. The van der Waals surface area contributed by atoms with E-state index in [2.05, 4.69) is 5.32 Å². The zero-order chi connectivity index (χ0) is 16.8. The number of benzene rings is 2. The fraction of sp³-hybridized carbons (Fsp3) is 0.235. The summed E-state index contributed by atoms with van der Waals surface area (Å²) in [5, 5.41) is 3.12. The average Bonchev–Trinajstić information content (AvgIpc) is 2.57. The molecule has 122 valence electrons. The molecule has 2 aromatic rings. The van der Waals surface area contributed by atoms with Gasteiger partial charge in [0.15, 0.2) is 11.5 Å². The van der Waals surface area contributed by atoms with Gasteiger partial charge in [-0.05, 0) is 43.3 Å². The Bertz CT molecular complexity index is 686. The van der Waals surface area contributed by atoms with Crippen molar-refractivity contribution in [1.82, 2.24) is 0 Å². The summed E-state index contributed by atoms with van der Waals surface area (Å²) in [6, 6.07) is 10.2. The number of ether oxygens (including phenoxy) is 3. The second-order valence-corrected chi connectivity index (χ2v) is 5.01. The van der Waals surface area contributed by atoms with Gasteiger partial charge in [-0.2, -0.15) is 0 Å². The van der Waals surface area contributed by atoms with Gasteiger partial charge in [0.25, 0.3) is 5.91 Å². The summed E-state index contributed by atoms with van der Waals surface area (Å²) in [5.41, 5.74) is 1.03. The van der Waals surface area contributed by atoms with Gasteiger partial charge in [0.2, 0.25) is 0 Å². The normalized spacial score (nSPS) is 10.1. The van der Waals surface area contributed by atoms with E-state index in [1.54, 1.807) is 43.5 Å². The third kappa shape index (κ3) is 4.07. The highest BCUT2D eigenvalue weighted by Crippen LogP contribution is 2.36. The number of methoxy groups -OCH3 is 2. The molecule has 0 aliphatic carbocycles. The highest BCUT2D eigenvalue weighted by molar-refractivity contribution is 6.32. The fourth-order valence-corrected chi connectivity index (χ4v) is 2.28. The molecule has 0 aliphatic heterocycles. The molecule has 0 bridgehead atoms. The summed E-state index contributed by atoms with van der Waals surface area (Å²) in [6.45, 7) is 2.30. The number of amides is 1. The van der Waals surface area contributed by atoms with Gasteiger partial charge in [0, 0.05) is 11.3 Å². The van der Waals surface area contributed by atoms with E-state index in [9.17, 15) is 4.79 Å². The van der Waals surface area contributed by atoms with Crippen molar-refractivity contribution in [3.8, 4) is 17.2 Å². The van der Waals surface area contributed by atoms with Crippen molar-refractivity contribution in [1.29, 1.82) is 0 Å². The highest BCUT2D eigenvalue weighted by atomic mass is 35.5. The maximum absolute atomic E-state index is 12.4. The number of halogens is 1. The molecule has 0 radical (unpaired) electrons. The monoisotopic (exact) mass is 335 g/mol. The van der Waals surface area contributed by atoms with Crippen molar-refractivity contribution in [3.05, 3.63) is 47.0 Å². The van der Waals surface area contributed by atoms with Crippen molar-refractivity contribution >= 4 is 23.2 Å². The lowest BCUT2D eigenvalue weighted by molar-refractivity contribution is 0.102. The van der Waals surface area contributed by atoms with Crippen LogP contribution in [0.1, 0.15) is 17.3 Å². The van der Waals surface area contributed by atoms with E-state index in [4.69, 9.17) is 25.8 Å². The lowest BCUT2D eigenvalue weighted by Gasteiger charge is -2.13. The SMILES string of the molecule is CCOc1c(Cl)cc(C(=O)Nc2ccc(OC)cc2)cc1OC. The Balaban J connectivity index is 2.22. The van der Waals surface area contributed by atoms with Gasteiger partial charge in [-0.1, -0.05) is 11.6 Å². The summed E-state index contributed by atoms with van der Waals surface area (Å²) in [5.74, 6) is 1.27. The van der Waals surface area contributed by atoms with Gasteiger partial charge in [0.05, 0.1) is 25.8 Å². The Hall–Kier alpha value is -2.40. The van der Waals surface area contributed by atoms with E-state index in [-0.39, 0.29) is 5.91 Å². The Morgan fingerprint density at radius 2 is 1.83 bits per heavy atom. The van der Waals surface area contributed by atoms with Gasteiger partial charge in [-0.3, -0.25) is 4.79 Å². The lowest BCUT2D eigenvalue weighted by Crippen LogP contribution is -2.12.